The van der Waals surface area contributed by atoms with Crippen LogP contribution in [0.1, 0.15) is 11.1 Å². The van der Waals surface area contributed by atoms with Crippen LogP contribution >= 0.6 is 0 Å². The molecule has 0 aliphatic rings. The molecule has 14 aromatic rings. The maximum absolute atomic E-state index is 2.46. The Hall–Kier alpha value is -9.18. The van der Waals surface area contributed by atoms with Crippen LogP contribution in [0.2, 0.25) is 0 Å². The van der Waals surface area contributed by atoms with E-state index in [4.69, 9.17) is 0 Å². The molecule has 334 valence electrons. The normalized spacial score (nSPS) is 11.8. The summed E-state index contributed by atoms with van der Waals surface area (Å²) >= 11 is 0. The van der Waals surface area contributed by atoms with E-state index in [1.165, 1.54) is 121 Å². The SMILES string of the molecule is Cc1cc(C)cc(-c2cccc(-c3cccc(-n4c5ccc(-c6ccc7c(c6)c6ccccc6n7-c6ccccc6)cc5c5cc(-c6ccc7c(c6)c6ccccc6n7-c6ccccc6)ccc54)c3)c2)c1. The molecule has 0 aliphatic heterocycles. The average molecular weight is 906 g/mol. The van der Waals surface area contributed by atoms with Crippen molar-refractivity contribution in [3.63, 3.8) is 0 Å². The van der Waals surface area contributed by atoms with Gasteiger partial charge >= 0.3 is 0 Å². The molecular formula is C68H47N3. The van der Waals surface area contributed by atoms with Gasteiger partial charge in [0, 0.05) is 49.4 Å². The number of para-hydroxylation sites is 4. The highest BCUT2D eigenvalue weighted by molar-refractivity contribution is 6.14. The van der Waals surface area contributed by atoms with Gasteiger partial charge in [0.25, 0.3) is 0 Å². The molecule has 3 aromatic heterocycles. The Kier molecular flexibility index (Phi) is 9.33. The zero-order valence-corrected chi connectivity index (χ0v) is 39.5. The maximum atomic E-state index is 2.46. The Labute approximate surface area is 412 Å². The van der Waals surface area contributed by atoms with Gasteiger partial charge in [0.05, 0.1) is 33.1 Å². The van der Waals surface area contributed by atoms with Crippen molar-refractivity contribution in [1.29, 1.82) is 0 Å². The van der Waals surface area contributed by atoms with Crippen LogP contribution in [0.15, 0.2) is 249 Å². The third kappa shape index (κ3) is 6.73. The first-order valence-corrected chi connectivity index (χ1v) is 24.6. The van der Waals surface area contributed by atoms with Crippen LogP contribution in [0, 0.1) is 13.8 Å². The van der Waals surface area contributed by atoms with E-state index < -0.39 is 0 Å². The first-order chi connectivity index (χ1) is 35.0. The minimum atomic E-state index is 1.13. The number of hydrogen-bond donors (Lipinski definition) is 0. The summed E-state index contributed by atoms with van der Waals surface area (Å²) in [6.45, 7) is 4.35. The monoisotopic (exact) mass is 905 g/mol. The standard InChI is InChI=1S/C68H47N3/c1-44-35-45(2)37-53(36-44)47-16-13-15-46(38-47)48-17-14-22-56(39-48)71-67-33-29-51(49-27-31-65-59(40-49)57-23-9-11-25-63(57)69(65)54-18-5-3-6-19-54)42-61(67)62-43-52(30-34-68(62)71)50-28-32-66-60(41-50)58-24-10-12-26-64(58)70(66)55-20-7-4-8-21-55/h3-43H,1-2H3. The highest BCUT2D eigenvalue weighted by Gasteiger charge is 2.19. The second-order valence-electron chi connectivity index (χ2n) is 19.1. The van der Waals surface area contributed by atoms with Crippen molar-refractivity contribution in [2.75, 3.05) is 0 Å². The highest BCUT2D eigenvalue weighted by atomic mass is 15.0. The van der Waals surface area contributed by atoms with E-state index in [1.54, 1.807) is 0 Å². The van der Waals surface area contributed by atoms with Gasteiger partial charge in [0.15, 0.2) is 0 Å². The summed E-state index contributed by atoms with van der Waals surface area (Å²) < 4.78 is 7.23. The fraction of sp³-hybridized carbons (Fsp3) is 0.0294. The van der Waals surface area contributed by atoms with E-state index in [0.717, 1.165) is 17.1 Å². The Morgan fingerprint density at radius 3 is 0.986 bits per heavy atom. The molecule has 0 atom stereocenters. The Morgan fingerprint density at radius 1 is 0.197 bits per heavy atom. The molecule has 0 saturated heterocycles. The van der Waals surface area contributed by atoms with E-state index >= 15 is 0 Å². The summed E-state index contributed by atoms with van der Waals surface area (Å²) in [5.41, 5.74) is 22.8. The second kappa shape index (κ2) is 16.2. The summed E-state index contributed by atoms with van der Waals surface area (Å²) in [7, 11) is 0. The summed E-state index contributed by atoms with van der Waals surface area (Å²) in [6, 6.07) is 91.9. The van der Waals surface area contributed by atoms with Crippen LogP contribution in [0.25, 0.3) is 127 Å². The molecule has 0 spiro atoms. The largest absolute Gasteiger partial charge is 0.309 e. The van der Waals surface area contributed by atoms with Crippen molar-refractivity contribution >= 4 is 65.4 Å². The molecule has 3 nitrogen and oxygen atoms in total. The molecule has 0 saturated carbocycles. The number of nitrogens with zero attached hydrogens (tertiary/aromatic N) is 3. The zero-order chi connectivity index (χ0) is 47.2. The predicted octanol–water partition coefficient (Wildman–Crippen LogP) is 18.3. The molecule has 0 aliphatic carbocycles. The molecule has 0 fully saturated rings. The molecule has 0 radical (unpaired) electrons. The fourth-order valence-corrected chi connectivity index (χ4v) is 11.5. The first kappa shape index (κ1) is 40.8. The topological polar surface area (TPSA) is 14.8 Å². The average Bonchev–Trinajstić information content (AvgIpc) is 4.06. The van der Waals surface area contributed by atoms with E-state index in [9.17, 15) is 0 Å². The van der Waals surface area contributed by atoms with Gasteiger partial charge < -0.3 is 13.7 Å². The maximum Gasteiger partial charge on any atom is 0.0541 e. The van der Waals surface area contributed by atoms with E-state index in [0.29, 0.717) is 0 Å². The van der Waals surface area contributed by atoms with E-state index in [2.05, 4.69) is 276 Å². The molecular weight excluding hydrogens is 859 g/mol. The Bertz CT molecular complexity index is 4180. The van der Waals surface area contributed by atoms with Gasteiger partial charge in [0.1, 0.15) is 0 Å². The molecule has 0 bridgehead atoms. The lowest BCUT2D eigenvalue weighted by atomic mass is 9.96. The van der Waals surface area contributed by atoms with Gasteiger partial charge in [-0.3, -0.25) is 0 Å². The Morgan fingerprint density at radius 2 is 0.521 bits per heavy atom. The lowest BCUT2D eigenvalue weighted by molar-refractivity contribution is 1.18. The van der Waals surface area contributed by atoms with Crippen LogP contribution in [-0.4, -0.2) is 13.7 Å². The van der Waals surface area contributed by atoms with Gasteiger partial charge in [-0.25, -0.2) is 0 Å². The van der Waals surface area contributed by atoms with Crippen molar-refractivity contribution in [2.45, 2.75) is 13.8 Å². The van der Waals surface area contributed by atoms with Gasteiger partial charge in [-0.2, -0.15) is 0 Å². The van der Waals surface area contributed by atoms with Gasteiger partial charge in [0.2, 0.25) is 0 Å². The minimum Gasteiger partial charge on any atom is -0.309 e. The van der Waals surface area contributed by atoms with Crippen molar-refractivity contribution in [3.05, 3.63) is 260 Å². The van der Waals surface area contributed by atoms with Crippen LogP contribution in [0.5, 0.6) is 0 Å². The lowest BCUT2D eigenvalue weighted by Gasteiger charge is -2.12. The predicted molar refractivity (Wildman–Crippen MR) is 301 cm³/mol. The van der Waals surface area contributed by atoms with E-state index in [1.807, 2.05) is 0 Å². The molecule has 3 heterocycles. The van der Waals surface area contributed by atoms with Crippen molar-refractivity contribution in [2.24, 2.45) is 0 Å². The van der Waals surface area contributed by atoms with Gasteiger partial charge in [-0.15, -0.1) is 0 Å². The van der Waals surface area contributed by atoms with Crippen molar-refractivity contribution in [1.82, 2.24) is 13.7 Å². The first-order valence-electron chi connectivity index (χ1n) is 24.6. The third-order valence-corrected chi connectivity index (χ3v) is 14.7. The lowest BCUT2D eigenvalue weighted by Crippen LogP contribution is -1.95. The van der Waals surface area contributed by atoms with Gasteiger partial charge in [-0.05, 0) is 161 Å². The highest BCUT2D eigenvalue weighted by Crippen LogP contribution is 2.42. The molecule has 0 unspecified atom stereocenters. The molecule has 3 heteroatoms. The molecule has 14 rings (SSSR count). The number of hydrogen-bond acceptors (Lipinski definition) is 0. The fourth-order valence-electron chi connectivity index (χ4n) is 11.5. The van der Waals surface area contributed by atoms with E-state index in [-0.39, 0.29) is 0 Å². The smallest absolute Gasteiger partial charge is 0.0541 e. The second-order valence-corrected chi connectivity index (χ2v) is 19.1. The molecule has 0 amide bonds. The number of rotatable bonds is 7. The van der Waals surface area contributed by atoms with Crippen LogP contribution in [-0.2, 0) is 0 Å². The van der Waals surface area contributed by atoms with Crippen molar-refractivity contribution in [3.8, 4) is 61.6 Å². The Balaban J connectivity index is 0.951. The van der Waals surface area contributed by atoms with Crippen LogP contribution < -0.4 is 0 Å². The number of aromatic nitrogens is 3. The summed E-state index contributed by atoms with van der Waals surface area (Å²) in [4.78, 5) is 0. The van der Waals surface area contributed by atoms with Crippen LogP contribution in [0.3, 0.4) is 0 Å². The summed E-state index contributed by atoms with van der Waals surface area (Å²) in [5, 5.41) is 7.42. The van der Waals surface area contributed by atoms with Gasteiger partial charge in [-0.1, -0.05) is 157 Å². The quantitative estimate of drug-likeness (QED) is 0.151. The molecule has 0 N–H and O–H groups in total. The van der Waals surface area contributed by atoms with Crippen LogP contribution in [0.4, 0.5) is 0 Å². The summed E-state index contributed by atoms with van der Waals surface area (Å²) in [6.07, 6.45) is 0. The number of aryl methyl sites for hydroxylation is 2. The molecule has 71 heavy (non-hydrogen) atoms. The third-order valence-electron chi connectivity index (χ3n) is 14.7. The molecule has 11 aromatic carbocycles. The minimum absolute atomic E-state index is 1.13. The van der Waals surface area contributed by atoms with Crippen molar-refractivity contribution < 1.29 is 0 Å². The zero-order valence-electron chi connectivity index (χ0n) is 39.5. The summed E-state index contributed by atoms with van der Waals surface area (Å²) in [5.74, 6) is 0. The number of fused-ring (bicyclic) bond motifs is 9. The number of benzene rings is 11.